The van der Waals surface area contributed by atoms with Crippen molar-refractivity contribution in [3.8, 4) is 0 Å². The van der Waals surface area contributed by atoms with Gasteiger partial charge in [0.05, 0.1) is 0 Å². The predicted octanol–water partition coefficient (Wildman–Crippen LogP) is 2.89. The molecule has 0 spiro atoms. The number of nitrogens with zero attached hydrogens (tertiary/aromatic N) is 1. The van der Waals surface area contributed by atoms with Crippen molar-refractivity contribution in [2.24, 2.45) is 17.8 Å². The molecule has 2 saturated heterocycles. The minimum absolute atomic E-state index is 0.961. The van der Waals surface area contributed by atoms with E-state index in [1.165, 1.54) is 84.1 Å². The average Bonchev–Trinajstić information content (AvgIpc) is 2.46. The van der Waals surface area contributed by atoms with E-state index in [2.05, 4.69) is 10.2 Å². The van der Waals surface area contributed by atoms with Gasteiger partial charge in [0.1, 0.15) is 0 Å². The lowest BCUT2D eigenvalue weighted by molar-refractivity contribution is 0.0816. The lowest BCUT2D eigenvalue weighted by Crippen LogP contribution is -2.43. The minimum Gasteiger partial charge on any atom is -0.316 e. The Labute approximate surface area is 113 Å². The van der Waals surface area contributed by atoms with Crippen molar-refractivity contribution in [1.29, 1.82) is 0 Å². The maximum Gasteiger partial charge on any atom is 0.00123 e. The molecule has 2 aliphatic heterocycles. The SMILES string of the molecule is C1CNC[C@H](CCN2CC[C@H]3CCCC[C@@H]3C2)C1. The van der Waals surface area contributed by atoms with E-state index in [4.69, 9.17) is 0 Å². The maximum atomic E-state index is 3.55. The second kappa shape index (κ2) is 6.38. The van der Waals surface area contributed by atoms with Crippen LogP contribution in [0.5, 0.6) is 0 Å². The van der Waals surface area contributed by atoms with Gasteiger partial charge in [0.2, 0.25) is 0 Å². The second-order valence-electron chi connectivity index (χ2n) is 6.89. The fraction of sp³-hybridized carbons (Fsp3) is 1.00. The van der Waals surface area contributed by atoms with E-state index >= 15 is 0 Å². The van der Waals surface area contributed by atoms with Gasteiger partial charge < -0.3 is 10.2 Å². The molecule has 1 saturated carbocycles. The Morgan fingerprint density at radius 3 is 2.67 bits per heavy atom. The van der Waals surface area contributed by atoms with E-state index in [0.717, 1.165) is 17.8 Å². The highest BCUT2D eigenvalue weighted by Gasteiger charge is 2.30. The molecule has 2 nitrogen and oxygen atoms in total. The number of nitrogens with one attached hydrogen (secondary N) is 1. The molecular weight excluding hydrogens is 220 g/mol. The summed E-state index contributed by atoms with van der Waals surface area (Å²) in [6.07, 6.45) is 11.9. The highest BCUT2D eigenvalue weighted by atomic mass is 15.1. The first-order valence-electron chi connectivity index (χ1n) is 8.35. The molecule has 0 aromatic carbocycles. The lowest BCUT2D eigenvalue weighted by Gasteiger charge is -2.41. The number of fused-ring (bicyclic) bond motifs is 1. The van der Waals surface area contributed by atoms with Crippen LogP contribution >= 0.6 is 0 Å². The van der Waals surface area contributed by atoms with Crippen molar-refractivity contribution in [2.45, 2.75) is 51.4 Å². The molecule has 2 heterocycles. The molecule has 3 rings (SSSR count). The Morgan fingerprint density at radius 2 is 1.83 bits per heavy atom. The van der Waals surface area contributed by atoms with Gasteiger partial charge in [-0.15, -0.1) is 0 Å². The Balaban J connectivity index is 1.40. The van der Waals surface area contributed by atoms with E-state index in [0.29, 0.717) is 0 Å². The Hall–Kier alpha value is -0.0800. The van der Waals surface area contributed by atoms with Crippen LogP contribution in [0.15, 0.2) is 0 Å². The fourth-order valence-corrected chi connectivity index (χ4v) is 4.41. The summed E-state index contributed by atoms with van der Waals surface area (Å²) in [7, 11) is 0. The first kappa shape index (κ1) is 12.9. The van der Waals surface area contributed by atoms with Crippen molar-refractivity contribution in [1.82, 2.24) is 10.2 Å². The van der Waals surface area contributed by atoms with Gasteiger partial charge in [0.25, 0.3) is 0 Å². The van der Waals surface area contributed by atoms with Crippen LogP contribution < -0.4 is 5.32 Å². The second-order valence-corrected chi connectivity index (χ2v) is 6.89. The molecule has 104 valence electrons. The lowest BCUT2D eigenvalue weighted by atomic mass is 9.75. The van der Waals surface area contributed by atoms with Crippen molar-refractivity contribution >= 4 is 0 Å². The van der Waals surface area contributed by atoms with Crippen molar-refractivity contribution in [3.63, 3.8) is 0 Å². The quantitative estimate of drug-likeness (QED) is 0.828. The molecule has 0 bridgehead atoms. The van der Waals surface area contributed by atoms with E-state index < -0.39 is 0 Å². The predicted molar refractivity (Wildman–Crippen MR) is 76.7 cm³/mol. The third kappa shape index (κ3) is 3.27. The Kier molecular flexibility index (Phi) is 4.58. The number of hydrogen-bond donors (Lipinski definition) is 1. The summed E-state index contributed by atoms with van der Waals surface area (Å²) in [5, 5.41) is 3.55. The monoisotopic (exact) mass is 250 g/mol. The Bertz CT molecular complexity index is 247. The zero-order valence-electron chi connectivity index (χ0n) is 11.9. The third-order valence-electron chi connectivity index (χ3n) is 5.63. The van der Waals surface area contributed by atoms with Crippen LogP contribution in [0.3, 0.4) is 0 Å². The molecule has 3 aliphatic rings. The van der Waals surface area contributed by atoms with Crippen LogP contribution in [0.1, 0.15) is 51.4 Å². The van der Waals surface area contributed by atoms with Crippen LogP contribution in [0.25, 0.3) is 0 Å². The van der Waals surface area contributed by atoms with Crippen LogP contribution in [0, 0.1) is 17.8 Å². The summed E-state index contributed by atoms with van der Waals surface area (Å²) < 4.78 is 0. The largest absolute Gasteiger partial charge is 0.316 e. The molecule has 0 aromatic heterocycles. The molecule has 0 radical (unpaired) electrons. The van der Waals surface area contributed by atoms with E-state index in [-0.39, 0.29) is 0 Å². The average molecular weight is 250 g/mol. The van der Waals surface area contributed by atoms with Crippen LogP contribution in [-0.4, -0.2) is 37.6 Å². The van der Waals surface area contributed by atoms with E-state index in [1.807, 2.05) is 0 Å². The number of piperidine rings is 2. The highest BCUT2D eigenvalue weighted by molar-refractivity contribution is 4.84. The molecule has 2 heteroatoms. The summed E-state index contributed by atoms with van der Waals surface area (Å²) >= 11 is 0. The standard InChI is InChI=1S/C16H30N2/c1-2-6-16-13-18(11-8-15(16)5-1)10-7-14-4-3-9-17-12-14/h14-17H,1-13H2/t14-,15+,16+/m0/s1. The molecule has 1 aliphatic carbocycles. The van der Waals surface area contributed by atoms with Crippen molar-refractivity contribution in [2.75, 3.05) is 32.7 Å². The van der Waals surface area contributed by atoms with Gasteiger partial charge in [0, 0.05) is 6.54 Å². The van der Waals surface area contributed by atoms with Crippen LogP contribution in [0.4, 0.5) is 0 Å². The molecule has 1 N–H and O–H groups in total. The van der Waals surface area contributed by atoms with Gasteiger partial charge >= 0.3 is 0 Å². The summed E-state index contributed by atoms with van der Waals surface area (Å²) in [5.41, 5.74) is 0. The molecule has 3 atom stereocenters. The summed E-state index contributed by atoms with van der Waals surface area (Å²) in [5.74, 6) is 3.10. The van der Waals surface area contributed by atoms with E-state index in [9.17, 15) is 0 Å². The van der Waals surface area contributed by atoms with Gasteiger partial charge in [-0.3, -0.25) is 0 Å². The molecule has 0 aromatic rings. The summed E-state index contributed by atoms with van der Waals surface area (Å²) in [6, 6.07) is 0. The summed E-state index contributed by atoms with van der Waals surface area (Å²) in [4.78, 5) is 2.78. The highest BCUT2D eigenvalue weighted by Crippen LogP contribution is 2.36. The van der Waals surface area contributed by atoms with Gasteiger partial charge in [-0.25, -0.2) is 0 Å². The number of hydrogen-bond acceptors (Lipinski definition) is 2. The fourth-order valence-electron chi connectivity index (χ4n) is 4.41. The first-order valence-corrected chi connectivity index (χ1v) is 8.35. The topological polar surface area (TPSA) is 15.3 Å². The van der Waals surface area contributed by atoms with Gasteiger partial charge in [-0.2, -0.15) is 0 Å². The van der Waals surface area contributed by atoms with E-state index in [1.54, 1.807) is 0 Å². The first-order chi connectivity index (χ1) is 8.92. The third-order valence-corrected chi connectivity index (χ3v) is 5.63. The number of rotatable bonds is 3. The normalized spacial score (nSPS) is 38.3. The number of likely N-dealkylation sites (tertiary alicyclic amines) is 1. The van der Waals surface area contributed by atoms with Gasteiger partial charge in [-0.05, 0) is 76.0 Å². The zero-order valence-corrected chi connectivity index (χ0v) is 11.9. The molecule has 0 unspecified atom stereocenters. The molecular formula is C16H30N2. The minimum atomic E-state index is 0.961. The van der Waals surface area contributed by atoms with Crippen molar-refractivity contribution < 1.29 is 0 Å². The Morgan fingerprint density at radius 1 is 0.944 bits per heavy atom. The smallest absolute Gasteiger partial charge is 0.00123 e. The maximum absolute atomic E-state index is 3.55. The summed E-state index contributed by atoms with van der Waals surface area (Å²) in [6.45, 7) is 6.71. The molecule has 3 fully saturated rings. The van der Waals surface area contributed by atoms with Crippen LogP contribution in [0.2, 0.25) is 0 Å². The van der Waals surface area contributed by atoms with Gasteiger partial charge in [-0.1, -0.05) is 19.3 Å². The van der Waals surface area contributed by atoms with Crippen LogP contribution in [-0.2, 0) is 0 Å². The molecule has 18 heavy (non-hydrogen) atoms. The van der Waals surface area contributed by atoms with Crippen molar-refractivity contribution in [3.05, 3.63) is 0 Å². The zero-order chi connectivity index (χ0) is 12.2. The van der Waals surface area contributed by atoms with Gasteiger partial charge in [0.15, 0.2) is 0 Å². The molecule has 0 amide bonds.